The van der Waals surface area contributed by atoms with Gasteiger partial charge in [-0.05, 0) is 44.4 Å². The van der Waals surface area contributed by atoms with Gasteiger partial charge in [0.15, 0.2) is 0 Å². The van der Waals surface area contributed by atoms with Crippen LogP contribution < -0.4 is 5.32 Å². The lowest BCUT2D eigenvalue weighted by Gasteiger charge is -2.24. The Labute approximate surface area is 113 Å². The number of hydrogen-bond acceptors (Lipinski definition) is 3. The van der Waals surface area contributed by atoms with Crippen LogP contribution in [0.2, 0.25) is 0 Å². The molecule has 0 spiro atoms. The van der Waals surface area contributed by atoms with Crippen LogP contribution in [0.15, 0.2) is 18.2 Å². The van der Waals surface area contributed by atoms with E-state index in [1.165, 1.54) is 12.8 Å². The number of phenols is 1. The third-order valence-corrected chi connectivity index (χ3v) is 4.27. The standard InChI is InChI=1S/C15H20N2O2/c1-10-4-5-14(18)12(7-10)15(19)17-8-11-3-2-6-16-13(11)9-17/h4-5,7,11,13,16,18H,2-3,6,8-9H2,1H3. The molecule has 2 heterocycles. The summed E-state index contributed by atoms with van der Waals surface area (Å²) in [6, 6.07) is 5.62. The maximum absolute atomic E-state index is 12.5. The van der Waals surface area contributed by atoms with Crippen molar-refractivity contribution in [1.29, 1.82) is 0 Å². The van der Waals surface area contributed by atoms with E-state index in [0.29, 0.717) is 17.5 Å². The van der Waals surface area contributed by atoms with E-state index in [2.05, 4.69) is 5.32 Å². The Morgan fingerprint density at radius 3 is 3.05 bits per heavy atom. The second kappa shape index (κ2) is 4.85. The van der Waals surface area contributed by atoms with Crippen molar-refractivity contribution in [2.45, 2.75) is 25.8 Å². The minimum absolute atomic E-state index is 0.0441. The zero-order valence-electron chi connectivity index (χ0n) is 11.2. The fourth-order valence-corrected chi connectivity index (χ4v) is 3.20. The highest BCUT2D eigenvalue weighted by Gasteiger charge is 2.37. The lowest BCUT2D eigenvalue weighted by Crippen LogP contribution is -2.41. The van der Waals surface area contributed by atoms with E-state index in [1.807, 2.05) is 17.9 Å². The van der Waals surface area contributed by atoms with Crippen LogP contribution in [-0.4, -0.2) is 41.6 Å². The number of carbonyl (C=O) groups is 1. The third kappa shape index (κ3) is 2.32. The molecule has 2 N–H and O–H groups in total. The van der Waals surface area contributed by atoms with E-state index >= 15 is 0 Å². The van der Waals surface area contributed by atoms with Crippen molar-refractivity contribution in [2.75, 3.05) is 19.6 Å². The number of aryl methyl sites for hydroxylation is 1. The molecule has 1 aromatic carbocycles. The number of rotatable bonds is 1. The highest BCUT2D eigenvalue weighted by molar-refractivity contribution is 5.97. The molecule has 102 valence electrons. The van der Waals surface area contributed by atoms with Gasteiger partial charge < -0.3 is 15.3 Å². The van der Waals surface area contributed by atoms with Crippen molar-refractivity contribution < 1.29 is 9.90 Å². The molecule has 2 fully saturated rings. The number of aromatic hydroxyl groups is 1. The molecule has 0 aromatic heterocycles. The Hall–Kier alpha value is -1.55. The summed E-state index contributed by atoms with van der Waals surface area (Å²) in [5, 5.41) is 13.3. The Balaban J connectivity index is 1.79. The average molecular weight is 260 g/mol. The van der Waals surface area contributed by atoms with E-state index in [1.54, 1.807) is 12.1 Å². The maximum atomic E-state index is 12.5. The first kappa shape index (κ1) is 12.5. The molecular weight excluding hydrogens is 240 g/mol. The van der Waals surface area contributed by atoms with Gasteiger partial charge in [0.1, 0.15) is 5.75 Å². The van der Waals surface area contributed by atoms with Crippen molar-refractivity contribution in [3.63, 3.8) is 0 Å². The average Bonchev–Trinajstić information content (AvgIpc) is 2.84. The van der Waals surface area contributed by atoms with Gasteiger partial charge in [-0.1, -0.05) is 11.6 Å². The molecule has 19 heavy (non-hydrogen) atoms. The molecule has 3 rings (SSSR count). The third-order valence-electron chi connectivity index (χ3n) is 4.27. The number of piperidine rings is 1. The Kier molecular flexibility index (Phi) is 3.19. The van der Waals surface area contributed by atoms with Gasteiger partial charge in [-0.3, -0.25) is 4.79 Å². The van der Waals surface area contributed by atoms with E-state index in [4.69, 9.17) is 0 Å². The highest BCUT2D eigenvalue weighted by Crippen LogP contribution is 2.28. The lowest BCUT2D eigenvalue weighted by molar-refractivity contribution is 0.0782. The van der Waals surface area contributed by atoms with Crippen molar-refractivity contribution in [1.82, 2.24) is 10.2 Å². The zero-order chi connectivity index (χ0) is 13.4. The van der Waals surface area contributed by atoms with Crippen molar-refractivity contribution in [3.8, 4) is 5.75 Å². The minimum Gasteiger partial charge on any atom is -0.507 e. The summed E-state index contributed by atoms with van der Waals surface area (Å²) in [5.41, 5.74) is 1.43. The molecule has 0 saturated carbocycles. The number of nitrogens with zero attached hydrogens (tertiary/aromatic N) is 1. The number of phenolic OH excluding ortho intramolecular Hbond substituents is 1. The SMILES string of the molecule is Cc1ccc(O)c(C(=O)N2CC3CCCNC3C2)c1. The van der Waals surface area contributed by atoms with Gasteiger partial charge in [-0.2, -0.15) is 0 Å². The number of carbonyl (C=O) groups excluding carboxylic acids is 1. The summed E-state index contributed by atoms with van der Waals surface area (Å²) < 4.78 is 0. The van der Waals surface area contributed by atoms with E-state index in [-0.39, 0.29) is 11.7 Å². The Bertz CT molecular complexity index is 487. The van der Waals surface area contributed by atoms with Crippen molar-refractivity contribution >= 4 is 5.91 Å². The van der Waals surface area contributed by atoms with Gasteiger partial charge in [0.25, 0.3) is 5.91 Å². The molecule has 4 nitrogen and oxygen atoms in total. The highest BCUT2D eigenvalue weighted by atomic mass is 16.3. The first-order chi connectivity index (χ1) is 9.15. The Morgan fingerprint density at radius 1 is 1.42 bits per heavy atom. The molecule has 0 radical (unpaired) electrons. The number of benzene rings is 1. The fourth-order valence-electron chi connectivity index (χ4n) is 3.20. The van der Waals surface area contributed by atoms with Crippen LogP contribution in [0, 0.1) is 12.8 Å². The lowest BCUT2D eigenvalue weighted by atomic mass is 9.94. The summed E-state index contributed by atoms with van der Waals surface area (Å²) >= 11 is 0. The summed E-state index contributed by atoms with van der Waals surface area (Å²) in [6.45, 7) is 4.56. The van der Waals surface area contributed by atoms with Gasteiger partial charge in [0.05, 0.1) is 5.56 Å². The molecule has 1 amide bonds. The van der Waals surface area contributed by atoms with Gasteiger partial charge in [0, 0.05) is 19.1 Å². The topological polar surface area (TPSA) is 52.6 Å². The second-order valence-corrected chi connectivity index (χ2v) is 5.69. The summed E-state index contributed by atoms with van der Waals surface area (Å²) in [4.78, 5) is 14.4. The fraction of sp³-hybridized carbons (Fsp3) is 0.533. The van der Waals surface area contributed by atoms with Crippen LogP contribution in [0.3, 0.4) is 0 Å². The van der Waals surface area contributed by atoms with Crippen molar-refractivity contribution in [2.24, 2.45) is 5.92 Å². The molecule has 2 atom stereocenters. The predicted molar refractivity (Wildman–Crippen MR) is 73.3 cm³/mol. The van der Waals surface area contributed by atoms with Crippen LogP contribution in [0.1, 0.15) is 28.8 Å². The van der Waals surface area contributed by atoms with Crippen LogP contribution in [0.4, 0.5) is 0 Å². The van der Waals surface area contributed by atoms with E-state index in [9.17, 15) is 9.90 Å². The number of amides is 1. The van der Waals surface area contributed by atoms with Gasteiger partial charge in [-0.15, -0.1) is 0 Å². The zero-order valence-corrected chi connectivity index (χ0v) is 11.2. The minimum atomic E-state index is -0.0441. The van der Waals surface area contributed by atoms with Crippen LogP contribution in [0.25, 0.3) is 0 Å². The van der Waals surface area contributed by atoms with Gasteiger partial charge >= 0.3 is 0 Å². The first-order valence-corrected chi connectivity index (χ1v) is 6.97. The summed E-state index contributed by atoms with van der Waals surface area (Å²) in [7, 11) is 0. The van der Waals surface area contributed by atoms with Crippen LogP contribution >= 0.6 is 0 Å². The molecule has 2 aliphatic rings. The quantitative estimate of drug-likeness (QED) is 0.805. The molecule has 1 aromatic rings. The normalized spacial score (nSPS) is 26.3. The van der Waals surface area contributed by atoms with Gasteiger partial charge in [-0.25, -0.2) is 0 Å². The van der Waals surface area contributed by atoms with Crippen molar-refractivity contribution in [3.05, 3.63) is 29.3 Å². The molecule has 4 heteroatoms. The summed E-state index contributed by atoms with van der Waals surface area (Å²) in [6.07, 6.45) is 2.39. The smallest absolute Gasteiger partial charge is 0.257 e. The van der Waals surface area contributed by atoms with Gasteiger partial charge in [0.2, 0.25) is 0 Å². The molecule has 0 bridgehead atoms. The molecule has 2 aliphatic heterocycles. The van der Waals surface area contributed by atoms with E-state index in [0.717, 1.165) is 25.2 Å². The van der Waals surface area contributed by atoms with Crippen LogP contribution in [0.5, 0.6) is 5.75 Å². The monoisotopic (exact) mass is 260 g/mol. The van der Waals surface area contributed by atoms with Crippen LogP contribution in [-0.2, 0) is 0 Å². The number of fused-ring (bicyclic) bond motifs is 1. The maximum Gasteiger partial charge on any atom is 0.257 e. The molecule has 2 saturated heterocycles. The second-order valence-electron chi connectivity index (χ2n) is 5.69. The largest absolute Gasteiger partial charge is 0.507 e. The summed E-state index contributed by atoms with van der Waals surface area (Å²) in [5.74, 6) is 0.612. The Morgan fingerprint density at radius 2 is 2.26 bits per heavy atom. The molecule has 0 aliphatic carbocycles. The van der Waals surface area contributed by atoms with E-state index < -0.39 is 0 Å². The first-order valence-electron chi connectivity index (χ1n) is 6.97. The predicted octanol–water partition coefficient (Wildman–Crippen LogP) is 1.52. The number of nitrogens with one attached hydrogen (secondary N) is 1. The number of likely N-dealkylation sites (tertiary alicyclic amines) is 1. The molecular formula is C15H20N2O2. The molecule has 2 unspecified atom stereocenters. The number of hydrogen-bond donors (Lipinski definition) is 2.